The molecule has 0 atom stereocenters. The van der Waals surface area contributed by atoms with Crippen molar-refractivity contribution in [1.29, 1.82) is 0 Å². The minimum Gasteiger partial charge on any atom is -0.466 e. The van der Waals surface area contributed by atoms with Gasteiger partial charge in [0.25, 0.3) is 0 Å². The summed E-state index contributed by atoms with van der Waals surface area (Å²) < 4.78 is 5.41. The zero-order valence-corrected chi connectivity index (χ0v) is 27.6. The van der Waals surface area contributed by atoms with Gasteiger partial charge in [-0.2, -0.15) is 0 Å². The number of hydrogen-bond acceptors (Lipinski definition) is 6. The summed E-state index contributed by atoms with van der Waals surface area (Å²) in [5.74, 6) is -0.0402. The molecule has 0 aromatic heterocycles. The van der Waals surface area contributed by atoms with Gasteiger partial charge in [-0.15, -0.1) is 0 Å². The molecule has 0 unspecified atom stereocenters. The number of ether oxygens (including phenoxy) is 1. The normalized spacial score (nSPS) is 11.6. The molecule has 0 amide bonds. The van der Waals surface area contributed by atoms with E-state index in [0.29, 0.717) is 13.0 Å². The van der Waals surface area contributed by atoms with E-state index < -0.39 is 0 Å². The average Bonchev–Trinajstić information content (AvgIpc) is 2.97. The second kappa shape index (κ2) is 35.1. The fourth-order valence-corrected chi connectivity index (χ4v) is 5.14. The van der Waals surface area contributed by atoms with E-state index in [2.05, 4.69) is 23.9 Å². The maximum Gasteiger partial charge on any atom is 0.305 e. The first-order chi connectivity index (χ1) is 20.2. The van der Waals surface area contributed by atoms with Crippen molar-refractivity contribution >= 4 is 12.2 Å². The second-order valence-corrected chi connectivity index (χ2v) is 11.9. The van der Waals surface area contributed by atoms with E-state index in [1.54, 1.807) is 0 Å². The number of rotatable bonds is 34. The first kappa shape index (κ1) is 39.9. The molecule has 0 heterocycles. The quantitative estimate of drug-likeness (QED) is 0.0354. The molecule has 1 N–H and O–H groups in total. The molecule has 244 valence electrons. The van der Waals surface area contributed by atoms with Crippen LogP contribution in [0.1, 0.15) is 174 Å². The largest absolute Gasteiger partial charge is 0.466 e. The van der Waals surface area contributed by atoms with E-state index in [9.17, 15) is 9.90 Å². The van der Waals surface area contributed by atoms with Gasteiger partial charge in [0, 0.05) is 19.2 Å². The molecule has 0 aliphatic rings. The van der Waals surface area contributed by atoms with Gasteiger partial charge in [-0.05, 0) is 64.5 Å². The van der Waals surface area contributed by atoms with Crippen LogP contribution in [0.2, 0.25) is 0 Å². The summed E-state index contributed by atoms with van der Waals surface area (Å²) in [7, 11) is 0. The molecule has 0 aliphatic heterocycles. The van der Waals surface area contributed by atoms with E-state index in [-0.39, 0.29) is 12.6 Å². The van der Waals surface area contributed by atoms with Gasteiger partial charge in [-0.25, -0.2) is 0 Å². The van der Waals surface area contributed by atoms with Gasteiger partial charge in [-0.1, -0.05) is 122 Å². The van der Waals surface area contributed by atoms with E-state index in [1.165, 1.54) is 103 Å². The lowest BCUT2D eigenvalue weighted by atomic mass is 10.1. The lowest BCUT2D eigenvalue weighted by Gasteiger charge is -2.21. The molecular weight excluding hydrogens is 512 g/mol. The van der Waals surface area contributed by atoms with Crippen LogP contribution in [-0.4, -0.2) is 61.6 Å². The topological polar surface area (TPSA) is 71.4 Å². The number of carbonyl (C=O) groups is 1. The fourth-order valence-electron chi connectivity index (χ4n) is 5.14. The predicted molar refractivity (Wildman–Crippen MR) is 176 cm³/mol. The Balaban J connectivity index is 3.52. The van der Waals surface area contributed by atoms with Crippen LogP contribution >= 0.6 is 0 Å². The van der Waals surface area contributed by atoms with Crippen molar-refractivity contribution in [3.05, 3.63) is 0 Å². The van der Waals surface area contributed by atoms with Gasteiger partial charge in [0.2, 0.25) is 0 Å². The maximum atomic E-state index is 12.0. The lowest BCUT2D eigenvalue weighted by molar-refractivity contribution is -0.143. The van der Waals surface area contributed by atoms with Gasteiger partial charge in [-0.3, -0.25) is 4.79 Å². The number of nitrogens with zero attached hydrogens (tertiary/aromatic N) is 2. The van der Waals surface area contributed by atoms with E-state index >= 15 is 0 Å². The smallest absolute Gasteiger partial charge is 0.305 e. The van der Waals surface area contributed by atoms with Gasteiger partial charge < -0.3 is 19.6 Å². The molecule has 0 fully saturated rings. The van der Waals surface area contributed by atoms with E-state index in [1.807, 2.05) is 6.21 Å². The summed E-state index contributed by atoms with van der Waals surface area (Å²) >= 11 is 0. The van der Waals surface area contributed by atoms with Crippen LogP contribution in [-0.2, 0) is 14.4 Å². The Morgan fingerprint density at radius 3 is 1.68 bits per heavy atom. The van der Waals surface area contributed by atoms with Gasteiger partial charge in [0.05, 0.1) is 13.2 Å². The van der Waals surface area contributed by atoms with Crippen molar-refractivity contribution in [2.45, 2.75) is 174 Å². The Morgan fingerprint density at radius 2 is 1.10 bits per heavy atom. The lowest BCUT2D eigenvalue weighted by Crippen LogP contribution is -2.29. The molecule has 0 saturated carbocycles. The Labute approximate surface area is 255 Å². The number of aliphatic hydroxyl groups excluding tert-OH is 1. The van der Waals surface area contributed by atoms with Crippen LogP contribution in [0.25, 0.3) is 0 Å². The van der Waals surface area contributed by atoms with Crippen LogP contribution < -0.4 is 0 Å². The minimum absolute atomic E-state index is 0.0402. The number of unbranched alkanes of at least 4 members (excludes halogenated alkanes) is 20. The Bertz CT molecular complexity index is 544. The molecule has 41 heavy (non-hydrogen) atoms. The van der Waals surface area contributed by atoms with E-state index in [0.717, 1.165) is 77.6 Å². The highest BCUT2D eigenvalue weighted by atomic mass is 16.6. The highest BCUT2D eigenvalue weighted by molar-refractivity contribution is 5.69. The average molecular weight is 583 g/mol. The summed E-state index contributed by atoms with van der Waals surface area (Å²) in [6.07, 6.45) is 31.8. The highest BCUT2D eigenvalue weighted by Crippen LogP contribution is 2.11. The molecule has 6 nitrogen and oxygen atoms in total. The van der Waals surface area contributed by atoms with Crippen LogP contribution in [0.4, 0.5) is 0 Å². The summed E-state index contributed by atoms with van der Waals surface area (Å²) in [5, 5.41) is 13.5. The number of aliphatic hydroxyl groups is 1. The molecule has 0 aliphatic carbocycles. The van der Waals surface area contributed by atoms with Crippen molar-refractivity contribution < 1.29 is 19.5 Å². The summed E-state index contributed by atoms with van der Waals surface area (Å²) in [4.78, 5) is 19.7. The molecule has 0 aromatic carbocycles. The van der Waals surface area contributed by atoms with Crippen LogP contribution in [0.3, 0.4) is 0 Å². The number of carbonyl (C=O) groups excluding carboxylic acids is 1. The predicted octanol–water partition coefficient (Wildman–Crippen LogP) is 9.62. The standard InChI is InChI=1S/C35H70N2O4/c1-3-5-7-9-11-12-14-18-25-33-40-35(39)27-21-20-24-30-37(31-32-38)29-23-17-15-16-22-28-36-41-34-26-19-13-10-8-6-4-2/h28,38H,3-27,29-34H2,1-2H3/b36-28+. The molecule has 0 spiro atoms. The van der Waals surface area contributed by atoms with Crippen molar-refractivity contribution in [2.24, 2.45) is 5.16 Å². The third kappa shape index (κ3) is 33.2. The van der Waals surface area contributed by atoms with Gasteiger partial charge in [0.15, 0.2) is 0 Å². The van der Waals surface area contributed by atoms with Crippen molar-refractivity contribution in [1.82, 2.24) is 4.90 Å². The monoisotopic (exact) mass is 583 g/mol. The maximum absolute atomic E-state index is 12.0. The Hall–Kier alpha value is -1.14. The first-order valence-corrected chi connectivity index (χ1v) is 17.9. The van der Waals surface area contributed by atoms with Crippen molar-refractivity contribution in [3.63, 3.8) is 0 Å². The summed E-state index contributed by atoms with van der Waals surface area (Å²) in [6, 6.07) is 0. The Kier molecular flexibility index (Phi) is 34.1. The molecule has 0 saturated heterocycles. The zero-order chi connectivity index (χ0) is 29.9. The number of esters is 1. The summed E-state index contributed by atoms with van der Waals surface area (Å²) in [5.41, 5.74) is 0. The highest BCUT2D eigenvalue weighted by Gasteiger charge is 2.06. The molecule has 0 radical (unpaired) electrons. The minimum atomic E-state index is -0.0402. The summed E-state index contributed by atoms with van der Waals surface area (Å²) in [6.45, 7) is 8.82. The van der Waals surface area contributed by atoms with E-state index in [4.69, 9.17) is 9.57 Å². The SMILES string of the molecule is CCCCCCCCCCCOC(=O)CCCCCN(CCO)CCCCCC/C=N/OCCCCCCCCC. The third-order valence-corrected chi connectivity index (χ3v) is 7.83. The number of hydrogen-bond donors (Lipinski definition) is 1. The second-order valence-electron chi connectivity index (χ2n) is 11.9. The molecule has 0 bridgehead atoms. The Morgan fingerprint density at radius 1 is 0.610 bits per heavy atom. The van der Waals surface area contributed by atoms with Gasteiger partial charge >= 0.3 is 5.97 Å². The van der Waals surface area contributed by atoms with Crippen molar-refractivity contribution in [2.75, 3.05) is 39.5 Å². The van der Waals surface area contributed by atoms with Gasteiger partial charge in [0.1, 0.15) is 6.61 Å². The molecule has 6 heteroatoms. The first-order valence-electron chi connectivity index (χ1n) is 17.9. The fraction of sp³-hybridized carbons (Fsp3) is 0.943. The third-order valence-electron chi connectivity index (χ3n) is 7.83. The molecule has 0 rings (SSSR count). The van der Waals surface area contributed by atoms with Crippen LogP contribution in [0, 0.1) is 0 Å². The van der Waals surface area contributed by atoms with Crippen LogP contribution in [0.5, 0.6) is 0 Å². The van der Waals surface area contributed by atoms with Crippen LogP contribution in [0.15, 0.2) is 5.16 Å². The van der Waals surface area contributed by atoms with Crippen molar-refractivity contribution in [3.8, 4) is 0 Å². The zero-order valence-electron chi connectivity index (χ0n) is 27.6. The molecular formula is C35H70N2O4. The molecule has 0 aromatic rings. The number of oxime groups is 1.